The highest BCUT2D eigenvalue weighted by atomic mass is 35.5. The summed E-state index contributed by atoms with van der Waals surface area (Å²) in [6, 6.07) is 5.36. The molecular formula is C17H24ClNO3. The van der Waals surface area contributed by atoms with Gasteiger partial charge in [-0.3, -0.25) is 4.79 Å². The lowest BCUT2D eigenvalue weighted by molar-refractivity contribution is -0.135. The maximum absolute atomic E-state index is 12.5. The predicted molar refractivity (Wildman–Crippen MR) is 87.5 cm³/mol. The Balaban J connectivity index is 1.98. The van der Waals surface area contributed by atoms with E-state index in [1.807, 2.05) is 19.9 Å². The number of carbonyl (C=O) groups is 1. The summed E-state index contributed by atoms with van der Waals surface area (Å²) in [5, 5.41) is 3.68. The first kappa shape index (κ1) is 17.1. The zero-order chi connectivity index (χ0) is 16.3. The van der Waals surface area contributed by atoms with Crippen LogP contribution >= 0.6 is 11.6 Å². The minimum Gasteiger partial charge on any atom is -0.478 e. The summed E-state index contributed by atoms with van der Waals surface area (Å²) in [5.41, 5.74) is -0.0456. The summed E-state index contributed by atoms with van der Waals surface area (Å²) >= 11 is 6.01. The van der Waals surface area contributed by atoms with Gasteiger partial charge in [0.2, 0.25) is 0 Å². The van der Waals surface area contributed by atoms with Crippen LogP contribution in [-0.2, 0) is 9.53 Å². The maximum atomic E-state index is 12.5. The fourth-order valence-electron chi connectivity index (χ4n) is 2.49. The highest BCUT2D eigenvalue weighted by molar-refractivity contribution is 6.31. The van der Waals surface area contributed by atoms with E-state index in [0.29, 0.717) is 10.8 Å². The largest absolute Gasteiger partial charge is 0.478 e. The van der Waals surface area contributed by atoms with Crippen LogP contribution in [0.3, 0.4) is 0 Å². The summed E-state index contributed by atoms with van der Waals surface area (Å²) in [5.74, 6) is 0.481. The number of amides is 1. The van der Waals surface area contributed by atoms with E-state index in [2.05, 4.69) is 5.32 Å². The van der Waals surface area contributed by atoms with E-state index < -0.39 is 5.60 Å². The van der Waals surface area contributed by atoms with E-state index in [1.165, 1.54) is 0 Å². The van der Waals surface area contributed by atoms with Crippen LogP contribution in [0.4, 0.5) is 0 Å². The highest BCUT2D eigenvalue weighted by Gasteiger charge is 2.33. The maximum Gasteiger partial charge on any atom is 0.263 e. The van der Waals surface area contributed by atoms with Crippen molar-refractivity contribution in [2.75, 3.05) is 6.61 Å². The molecule has 5 heteroatoms. The molecule has 1 aromatic rings. The van der Waals surface area contributed by atoms with Crippen molar-refractivity contribution in [3.05, 3.63) is 28.8 Å². The molecule has 0 bridgehead atoms. The molecule has 1 fully saturated rings. The van der Waals surface area contributed by atoms with Crippen LogP contribution in [0.25, 0.3) is 0 Å². The van der Waals surface area contributed by atoms with Crippen molar-refractivity contribution < 1.29 is 14.3 Å². The van der Waals surface area contributed by atoms with Gasteiger partial charge in [0.15, 0.2) is 5.60 Å². The molecule has 122 valence electrons. The van der Waals surface area contributed by atoms with Gasteiger partial charge in [0.25, 0.3) is 5.91 Å². The lowest BCUT2D eigenvalue weighted by Gasteiger charge is -2.29. The molecule has 4 nitrogen and oxygen atoms in total. The summed E-state index contributed by atoms with van der Waals surface area (Å²) in [6.45, 7) is 8.16. The molecule has 1 N–H and O–H groups in total. The monoisotopic (exact) mass is 325 g/mol. The van der Waals surface area contributed by atoms with Gasteiger partial charge < -0.3 is 14.8 Å². The number of rotatable bonds is 5. The summed E-state index contributed by atoms with van der Waals surface area (Å²) < 4.78 is 11.5. The Morgan fingerprint density at radius 2 is 2.23 bits per heavy atom. The third kappa shape index (κ3) is 4.14. The van der Waals surface area contributed by atoms with E-state index in [1.54, 1.807) is 26.0 Å². The van der Waals surface area contributed by atoms with Crippen molar-refractivity contribution in [3.8, 4) is 5.75 Å². The van der Waals surface area contributed by atoms with Gasteiger partial charge in [0.05, 0.1) is 12.1 Å². The topological polar surface area (TPSA) is 47.6 Å². The van der Waals surface area contributed by atoms with Crippen molar-refractivity contribution in [1.82, 2.24) is 5.32 Å². The Kier molecular flexibility index (Phi) is 5.35. The Morgan fingerprint density at radius 1 is 1.50 bits per heavy atom. The second-order valence-electron chi connectivity index (χ2n) is 6.34. The molecule has 0 saturated carbocycles. The van der Waals surface area contributed by atoms with E-state index in [4.69, 9.17) is 21.1 Å². The van der Waals surface area contributed by atoms with E-state index in [0.717, 1.165) is 25.0 Å². The zero-order valence-electron chi connectivity index (χ0n) is 13.6. The van der Waals surface area contributed by atoms with Gasteiger partial charge in [-0.1, -0.05) is 11.6 Å². The first-order valence-corrected chi connectivity index (χ1v) is 8.05. The first-order chi connectivity index (χ1) is 10.3. The molecule has 0 radical (unpaired) electrons. The van der Waals surface area contributed by atoms with Crippen LogP contribution in [0.15, 0.2) is 18.2 Å². The molecule has 1 aromatic carbocycles. The molecule has 1 aliphatic rings. The van der Waals surface area contributed by atoms with Crippen molar-refractivity contribution in [3.63, 3.8) is 0 Å². The van der Waals surface area contributed by atoms with Crippen molar-refractivity contribution in [2.24, 2.45) is 0 Å². The minimum atomic E-state index is -0.965. The van der Waals surface area contributed by atoms with Crippen molar-refractivity contribution in [2.45, 2.75) is 58.3 Å². The first-order valence-electron chi connectivity index (χ1n) is 7.67. The Labute approximate surface area is 137 Å². The molecule has 2 atom stereocenters. The van der Waals surface area contributed by atoms with Gasteiger partial charge in [0.1, 0.15) is 5.75 Å². The quantitative estimate of drug-likeness (QED) is 0.901. The number of aryl methyl sites for hydroxylation is 1. The number of ether oxygens (including phenoxy) is 2. The highest BCUT2D eigenvalue weighted by Crippen LogP contribution is 2.25. The number of hydrogen-bond donors (Lipinski definition) is 1. The van der Waals surface area contributed by atoms with E-state index >= 15 is 0 Å². The van der Waals surface area contributed by atoms with Gasteiger partial charge in [-0.2, -0.15) is 0 Å². The van der Waals surface area contributed by atoms with Gasteiger partial charge in [-0.25, -0.2) is 0 Å². The van der Waals surface area contributed by atoms with Crippen molar-refractivity contribution in [1.29, 1.82) is 0 Å². The molecule has 0 aromatic heterocycles. The second-order valence-corrected chi connectivity index (χ2v) is 6.74. The third-order valence-corrected chi connectivity index (χ3v) is 4.35. The second kappa shape index (κ2) is 6.88. The molecule has 22 heavy (non-hydrogen) atoms. The van der Waals surface area contributed by atoms with Crippen LogP contribution in [0.2, 0.25) is 5.02 Å². The lowest BCUT2D eigenvalue weighted by Crippen LogP contribution is -2.52. The molecule has 0 unspecified atom stereocenters. The van der Waals surface area contributed by atoms with Gasteiger partial charge >= 0.3 is 0 Å². The fraction of sp³-hybridized carbons (Fsp3) is 0.588. The summed E-state index contributed by atoms with van der Waals surface area (Å²) in [6.07, 6.45) is 2.13. The van der Waals surface area contributed by atoms with Crippen LogP contribution in [-0.4, -0.2) is 30.3 Å². The zero-order valence-corrected chi connectivity index (χ0v) is 14.4. The molecule has 2 rings (SSSR count). The number of nitrogens with one attached hydrogen (secondary N) is 1. The molecule has 0 spiro atoms. The SMILES string of the molecule is Cc1cc(OC(C)(C)C(=O)N[C@H](C)[C@H]2CCCO2)ccc1Cl. The summed E-state index contributed by atoms with van der Waals surface area (Å²) in [4.78, 5) is 12.5. The van der Waals surface area contributed by atoms with Gasteiger partial charge in [-0.05, 0) is 64.3 Å². The Hall–Kier alpha value is -1.26. The Morgan fingerprint density at radius 3 is 2.82 bits per heavy atom. The average molecular weight is 326 g/mol. The fourth-order valence-corrected chi connectivity index (χ4v) is 2.61. The van der Waals surface area contributed by atoms with Crippen LogP contribution in [0.1, 0.15) is 39.2 Å². The minimum absolute atomic E-state index is 0.0233. The van der Waals surface area contributed by atoms with Crippen molar-refractivity contribution >= 4 is 17.5 Å². The van der Waals surface area contributed by atoms with Crippen LogP contribution < -0.4 is 10.1 Å². The average Bonchev–Trinajstić information content (AvgIpc) is 2.96. The normalized spacial score (nSPS) is 19.8. The molecular weight excluding hydrogens is 302 g/mol. The number of halogens is 1. The lowest BCUT2D eigenvalue weighted by atomic mass is 10.1. The predicted octanol–water partition coefficient (Wildman–Crippen LogP) is 3.49. The number of carbonyl (C=O) groups excluding carboxylic acids is 1. The third-order valence-electron chi connectivity index (χ3n) is 3.93. The summed E-state index contributed by atoms with van der Waals surface area (Å²) in [7, 11) is 0. The van der Waals surface area contributed by atoms with Crippen LogP contribution in [0, 0.1) is 6.92 Å². The smallest absolute Gasteiger partial charge is 0.263 e. The van der Waals surface area contributed by atoms with Gasteiger partial charge in [-0.15, -0.1) is 0 Å². The van der Waals surface area contributed by atoms with Crippen LogP contribution in [0.5, 0.6) is 5.75 Å². The Bertz CT molecular complexity index is 539. The number of hydrogen-bond acceptors (Lipinski definition) is 3. The molecule has 1 heterocycles. The van der Waals surface area contributed by atoms with Gasteiger partial charge in [0, 0.05) is 11.6 Å². The molecule has 0 aliphatic carbocycles. The molecule has 1 amide bonds. The standard InChI is InChI=1S/C17H24ClNO3/c1-11-10-13(7-8-14(11)18)22-17(3,4)16(20)19-12(2)15-6-5-9-21-15/h7-8,10,12,15H,5-6,9H2,1-4H3,(H,19,20)/t12-,15-/m1/s1. The number of benzene rings is 1. The van der Waals surface area contributed by atoms with E-state index in [9.17, 15) is 4.79 Å². The van der Waals surface area contributed by atoms with E-state index in [-0.39, 0.29) is 18.1 Å². The molecule has 1 saturated heterocycles. The molecule has 1 aliphatic heterocycles.